The molecule has 0 amide bonds. The van der Waals surface area contributed by atoms with E-state index in [0.29, 0.717) is 29.6 Å². The maximum absolute atomic E-state index is 10.1. The predicted octanol–water partition coefficient (Wildman–Crippen LogP) is 2.50. The highest BCUT2D eigenvalue weighted by Gasteiger charge is 2.22. The van der Waals surface area contributed by atoms with Gasteiger partial charge < -0.3 is 19.3 Å². The summed E-state index contributed by atoms with van der Waals surface area (Å²) in [7, 11) is 1.58. The Labute approximate surface area is 101 Å². The summed E-state index contributed by atoms with van der Waals surface area (Å²) in [6, 6.07) is 3.62. The van der Waals surface area contributed by atoms with Crippen molar-refractivity contribution in [3.05, 3.63) is 17.7 Å². The molecule has 4 heteroatoms. The number of methoxy groups -OCH3 is 1. The molecule has 1 aliphatic rings. The SMILES string of the molecule is COc1cc(C(O)CC(C)C)cc2c1OCO2. The highest BCUT2D eigenvalue weighted by molar-refractivity contribution is 5.55. The zero-order valence-corrected chi connectivity index (χ0v) is 10.4. The minimum absolute atomic E-state index is 0.204. The van der Waals surface area contributed by atoms with Crippen molar-refractivity contribution in [1.29, 1.82) is 0 Å². The largest absolute Gasteiger partial charge is 0.493 e. The van der Waals surface area contributed by atoms with E-state index in [2.05, 4.69) is 13.8 Å². The standard InChI is InChI=1S/C13H18O4/c1-8(2)4-10(14)9-5-11(15-3)13-12(6-9)16-7-17-13/h5-6,8,10,14H,4,7H2,1-3H3. The fourth-order valence-electron chi connectivity index (χ4n) is 1.92. The first kappa shape index (κ1) is 12.0. The Hall–Kier alpha value is -1.42. The summed E-state index contributed by atoms with van der Waals surface area (Å²) in [5.74, 6) is 2.30. The van der Waals surface area contributed by atoms with Gasteiger partial charge in [-0.05, 0) is 30.0 Å². The van der Waals surface area contributed by atoms with Crippen LogP contribution in [0.4, 0.5) is 0 Å². The topological polar surface area (TPSA) is 47.9 Å². The number of fused-ring (bicyclic) bond motifs is 1. The Kier molecular flexibility index (Phi) is 3.43. The number of hydrogen-bond acceptors (Lipinski definition) is 4. The fraction of sp³-hybridized carbons (Fsp3) is 0.538. The van der Waals surface area contributed by atoms with Crippen molar-refractivity contribution in [3.8, 4) is 17.2 Å². The molecular weight excluding hydrogens is 220 g/mol. The first-order valence-corrected chi connectivity index (χ1v) is 5.77. The maximum Gasteiger partial charge on any atom is 0.231 e. The van der Waals surface area contributed by atoms with Crippen molar-refractivity contribution < 1.29 is 19.3 Å². The van der Waals surface area contributed by atoms with Gasteiger partial charge in [-0.3, -0.25) is 0 Å². The normalized spacial score (nSPS) is 15.1. The van der Waals surface area contributed by atoms with Crippen LogP contribution in [0.2, 0.25) is 0 Å². The van der Waals surface area contributed by atoms with Crippen molar-refractivity contribution in [2.24, 2.45) is 5.92 Å². The molecule has 1 N–H and O–H groups in total. The smallest absolute Gasteiger partial charge is 0.231 e. The maximum atomic E-state index is 10.1. The van der Waals surface area contributed by atoms with Crippen molar-refractivity contribution >= 4 is 0 Å². The Morgan fingerprint density at radius 2 is 2.12 bits per heavy atom. The number of ether oxygens (including phenoxy) is 3. The molecule has 1 atom stereocenters. The summed E-state index contributed by atoms with van der Waals surface area (Å²) < 4.78 is 15.9. The summed E-state index contributed by atoms with van der Waals surface area (Å²) in [6.45, 7) is 4.36. The van der Waals surface area contributed by atoms with Crippen LogP contribution >= 0.6 is 0 Å². The number of aliphatic hydroxyl groups is 1. The second kappa shape index (κ2) is 4.84. The lowest BCUT2D eigenvalue weighted by Gasteiger charge is -2.15. The predicted molar refractivity (Wildman–Crippen MR) is 63.5 cm³/mol. The van der Waals surface area contributed by atoms with Crippen LogP contribution in [0.1, 0.15) is 31.9 Å². The fourth-order valence-corrected chi connectivity index (χ4v) is 1.92. The number of benzene rings is 1. The summed E-state index contributed by atoms with van der Waals surface area (Å²) in [6.07, 6.45) is 0.210. The molecule has 94 valence electrons. The third kappa shape index (κ3) is 2.47. The molecule has 0 radical (unpaired) electrons. The zero-order valence-electron chi connectivity index (χ0n) is 10.4. The molecule has 2 rings (SSSR count). The van der Waals surface area contributed by atoms with Crippen LogP contribution in [0.25, 0.3) is 0 Å². The van der Waals surface area contributed by atoms with Crippen molar-refractivity contribution in [2.75, 3.05) is 13.9 Å². The van der Waals surface area contributed by atoms with Crippen molar-refractivity contribution in [1.82, 2.24) is 0 Å². The minimum atomic E-state index is -0.501. The van der Waals surface area contributed by atoms with Crippen LogP contribution in [0.15, 0.2) is 12.1 Å². The Bertz CT molecular complexity index is 401. The summed E-state index contributed by atoms with van der Waals surface area (Å²) in [5.41, 5.74) is 0.805. The van der Waals surface area contributed by atoms with Crippen molar-refractivity contribution in [3.63, 3.8) is 0 Å². The van der Waals surface area contributed by atoms with E-state index < -0.39 is 6.10 Å². The highest BCUT2D eigenvalue weighted by Crippen LogP contribution is 2.43. The van der Waals surface area contributed by atoms with Gasteiger partial charge in [0.25, 0.3) is 0 Å². The molecule has 0 fully saturated rings. The van der Waals surface area contributed by atoms with Gasteiger partial charge in [0.15, 0.2) is 11.5 Å². The number of aliphatic hydroxyl groups excluding tert-OH is 1. The molecular formula is C13H18O4. The van der Waals surface area contributed by atoms with Gasteiger partial charge in [-0.25, -0.2) is 0 Å². The van der Waals surface area contributed by atoms with Gasteiger partial charge >= 0.3 is 0 Å². The average molecular weight is 238 g/mol. The van der Waals surface area contributed by atoms with Gasteiger partial charge in [-0.2, -0.15) is 0 Å². The van der Waals surface area contributed by atoms with Crippen LogP contribution < -0.4 is 14.2 Å². The monoisotopic (exact) mass is 238 g/mol. The van der Waals surface area contributed by atoms with E-state index in [-0.39, 0.29) is 6.79 Å². The lowest BCUT2D eigenvalue weighted by atomic mass is 9.99. The van der Waals surface area contributed by atoms with E-state index in [1.165, 1.54) is 0 Å². The van der Waals surface area contributed by atoms with E-state index in [4.69, 9.17) is 14.2 Å². The molecule has 0 saturated carbocycles. The number of rotatable bonds is 4. The second-order valence-corrected chi connectivity index (χ2v) is 4.60. The van der Waals surface area contributed by atoms with Gasteiger partial charge in [0, 0.05) is 0 Å². The lowest BCUT2D eigenvalue weighted by molar-refractivity contribution is 0.150. The van der Waals surface area contributed by atoms with E-state index in [1.807, 2.05) is 6.07 Å². The zero-order chi connectivity index (χ0) is 12.4. The van der Waals surface area contributed by atoms with E-state index in [9.17, 15) is 5.11 Å². The lowest BCUT2D eigenvalue weighted by Crippen LogP contribution is -2.02. The quantitative estimate of drug-likeness (QED) is 0.875. The summed E-state index contributed by atoms with van der Waals surface area (Å²) in [5, 5.41) is 10.1. The van der Waals surface area contributed by atoms with Crippen LogP contribution in [0.3, 0.4) is 0 Å². The molecule has 0 saturated heterocycles. The van der Waals surface area contributed by atoms with Gasteiger partial charge in [0.2, 0.25) is 12.5 Å². The molecule has 0 aromatic heterocycles. The van der Waals surface area contributed by atoms with Gasteiger partial charge in [-0.1, -0.05) is 13.8 Å². The van der Waals surface area contributed by atoms with Gasteiger partial charge in [0.1, 0.15) is 0 Å². The van der Waals surface area contributed by atoms with Crippen LogP contribution in [-0.4, -0.2) is 19.0 Å². The molecule has 1 aromatic carbocycles. The molecule has 1 unspecified atom stereocenters. The molecule has 1 aliphatic heterocycles. The van der Waals surface area contributed by atoms with Gasteiger partial charge in [0.05, 0.1) is 13.2 Å². The van der Waals surface area contributed by atoms with Crippen LogP contribution in [-0.2, 0) is 0 Å². The number of hydrogen-bond donors (Lipinski definition) is 1. The molecule has 0 spiro atoms. The Morgan fingerprint density at radius 1 is 1.35 bits per heavy atom. The van der Waals surface area contributed by atoms with Crippen molar-refractivity contribution in [2.45, 2.75) is 26.4 Å². The molecule has 0 bridgehead atoms. The molecule has 4 nitrogen and oxygen atoms in total. The molecule has 1 heterocycles. The van der Waals surface area contributed by atoms with Crippen LogP contribution in [0.5, 0.6) is 17.2 Å². The highest BCUT2D eigenvalue weighted by atomic mass is 16.7. The van der Waals surface area contributed by atoms with E-state index in [0.717, 1.165) is 5.56 Å². The first-order valence-electron chi connectivity index (χ1n) is 5.77. The van der Waals surface area contributed by atoms with Gasteiger partial charge in [-0.15, -0.1) is 0 Å². The molecule has 0 aliphatic carbocycles. The summed E-state index contributed by atoms with van der Waals surface area (Å²) in [4.78, 5) is 0. The summed E-state index contributed by atoms with van der Waals surface area (Å²) >= 11 is 0. The molecule has 17 heavy (non-hydrogen) atoms. The van der Waals surface area contributed by atoms with Crippen LogP contribution in [0, 0.1) is 5.92 Å². The average Bonchev–Trinajstić information content (AvgIpc) is 2.74. The third-order valence-electron chi connectivity index (χ3n) is 2.76. The van der Waals surface area contributed by atoms with E-state index in [1.54, 1.807) is 13.2 Å². The third-order valence-corrected chi connectivity index (χ3v) is 2.76. The van der Waals surface area contributed by atoms with E-state index >= 15 is 0 Å². The molecule has 1 aromatic rings. The Morgan fingerprint density at radius 3 is 2.76 bits per heavy atom. The second-order valence-electron chi connectivity index (χ2n) is 4.60. The minimum Gasteiger partial charge on any atom is -0.493 e. The first-order chi connectivity index (χ1) is 8.11. The Balaban J connectivity index is 2.30.